The number of aromatic hydroxyl groups is 1. The second-order valence-corrected chi connectivity index (χ2v) is 1.90. The fourth-order valence-electron chi connectivity index (χ4n) is 0.611. The van der Waals surface area contributed by atoms with Crippen LogP contribution in [-0.4, -0.2) is 15.1 Å². The fourth-order valence-corrected chi connectivity index (χ4v) is 0.611. The van der Waals surface area contributed by atoms with Gasteiger partial charge in [0.2, 0.25) is 5.95 Å². The topological polar surface area (TPSA) is 98.0 Å². The highest BCUT2D eigenvalue weighted by Gasteiger charge is 2.03. The van der Waals surface area contributed by atoms with Gasteiger partial charge in [0.1, 0.15) is 0 Å². The number of anilines is 2. The summed E-state index contributed by atoms with van der Waals surface area (Å²) in [4.78, 5) is 7.20. The van der Waals surface area contributed by atoms with Crippen LogP contribution in [0.2, 0.25) is 0 Å². The van der Waals surface area contributed by atoms with Crippen LogP contribution in [-0.2, 0) is 0 Å². The second-order valence-electron chi connectivity index (χ2n) is 1.90. The lowest BCUT2D eigenvalue weighted by atomic mass is 10.4. The molecule has 12 heavy (non-hydrogen) atoms. The Morgan fingerprint density at radius 3 is 2.08 bits per heavy atom. The summed E-state index contributed by atoms with van der Waals surface area (Å²) in [5, 5.41) is 9.03. The highest BCUT2D eigenvalue weighted by molar-refractivity contribution is 5.85. The molecule has 7 heteroatoms. The van der Waals surface area contributed by atoms with Gasteiger partial charge in [0.05, 0.1) is 5.69 Å². The molecule has 0 amide bonds. The predicted octanol–water partition coefficient (Wildman–Crippen LogP) is 0.499. The molecular weight excluding hydrogens is 203 g/mol. The third kappa shape index (κ3) is 2.60. The molecule has 5 N–H and O–H groups in total. The number of nitrogens with two attached hydrogens (primary N) is 2. The molecule has 0 spiro atoms. The van der Waals surface area contributed by atoms with E-state index in [1.807, 2.05) is 0 Å². The van der Waals surface area contributed by atoms with Gasteiger partial charge in [-0.2, -0.15) is 4.98 Å². The summed E-state index contributed by atoms with van der Waals surface area (Å²) < 4.78 is 0. The zero-order valence-electron chi connectivity index (χ0n) is 6.31. The van der Waals surface area contributed by atoms with E-state index in [9.17, 15) is 0 Å². The number of hydrogen-bond donors (Lipinski definition) is 3. The van der Waals surface area contributed by atoms with Gasteiger partial charge in [-0.25, -0.2) is 4.98 Å². The minimum absolute atomic E-state index is 0. The maximum absolute atomic E-state index is 9.03. The van der Waals surface area contributed by atoms with Crippen molar-refractivity contribution in [3.05, 3.63) is 5.69 Å². The molecule has 0 saturated carbocycles. The third-order valence-electron chi connectivity index (χ3n) is 1.10. The van der Waals surface area contributed by atoms with Crippen molar-refractivity contribution in [2.45, 2.75) is 6.92 Å². The Hall–Kier alpha value is -0.940. The van der Waals surface area contributed by atoms with E-state index in [0.29, 0.717) is 5.69 Å². The Labute approximate surface area is 82.0 Å². The molecule has 1 aromatic heterocycles. The van der Waals surface area contributed by atoms with Crippen LogP contribution in [0.4, 0.5) is 11.8 Å². The van der Waals surface area contributed by atoms with E-state index in [0.717, 1.165) is 0 Å². The quantitative estimate of drug-likeness (QED) is 0.582. The maximum Gasteiger partial charge on any atom is 0.222 e. The zero-order chi connectivity index (χ0) is 7.72. The van der Waals surface area contributed by atoms with E-state index < -0.39 is 0 Å². The van der Waals surface area contributed by atoms with Crippen LogP contribution in [0.5, 0.6) is 5.75 Å². The number of nitrogen functional groups attached to an aromatic ring is 2. The number of aromatic nitrogens is 2. The summed E-state index contributed by atoms with van der Waals surface area (Å²) in [6.45, 7) is 1.60. The first-order chi connectivity index (χ1) is 4.61. The van der Waals surface area contributed by atoms with Crippen LogP contribution >= 0.6 is 24.8 Å². The van der Waals surface area contributed by atoms with Gasteiger partial charge >= 0.3 is 0 Å². The van der Waals surface area contributed by atoms with Gasteiger partial charge in [-0.3, -0.25) is 0 Å². The van der Waals surface area contributed by atoms with Crippen LogP contribution in [0.25, 0.3) is 0 Å². The number of hydrogen-bond acceptors (Lipinski definition) is 5. The first kappa shape index (κ1) is 13.6. The molecule has 0 aliphatic heterocycles. The minimum Gasteiger partial charge on any atom is -0.503 e. The van der Waals surface area contributed by atoms with Crippen LogP contribution in [0.3, 0.4) is 0 Å². The van der Waals surface area contributed by atoms with Gasteiger partial charge in [0.25, 0.3) is 0 Å². The predicted molar refractivity (Wildman–Crippen MR) is 51.8 cm³/mol. The molecule has 0 bridgehead atoms. The molecule has 70 valence electrons. The summed E-state index contributed by atoms with van der Waals surface area (Å²) in [6.07, 6.45) is 0. The van der Waals surface area contributed by atoms with Crippen molar-refractivity contribution in [3.8, 4) is 5.75 Å². The van der Waals surface area contributed by atoms with Gasteiger partial charge < -0.3 is 16.6 Å². The van der Waals surface area contributed by atoms with E-state index in [2.05, 4.69) is 9.97 Å². The van der Waals surface area contributed by atoms with Crippen molar-refractivity contribution in [1.29, 1.82) is 0 Å². The smallest absolute Gasteiger partial charge is 0.222 e. The summed E-state index contributed by atoms with van der Waals surface area (Å²) in [7, 11) is 0. The van der Waals surface area contributed by atoms with E-state index in [1.54, 1.807) is 6.92 Å². The molecule has 0 radical (unpaired) electrons. The lowest BCUT2D eigenvalue weighted by Gasteiger charge is -2.00. The van der Waals surface area contributed by atoms with Crippen molar-refractivity contribution in [3.63, 3.8) is 0 Å². The second kappa shape index (κ2) is 4.84. The van der Waals surface area contributed by atoms with Gasteiger partial charge in [0, 0.05) is 0 Å². The molecule has 0 unspecified atom stereocenters. The van der Waals surface area contributed by atoms with Crippen molar-refractivity contribution in [2.24, 2.45) is 0 Å². The molecule has 1 rings (SSSR count). The lowest BCUT2D eigenvalue weighted by Crippen LogP contribution is -2.01. The fraction of sp³-hybridized carbons (Fsp3) is 0.200. The van der Waals surface area contributed by atoms with E-state index in [4.69, 9.17) is 16.6 Å². The Balaban J connectivity index is 0. The lowest BCUT2D eigenvalue weighted by molar-refractivity contribution is 0.468. The van der Waals surface area contributed by atoms with E-state index in [1.165, 1.54) is 0 Å². The van der Waals surface area contributed by atoms with Crippen LogP contribution < -0.4 is 11.5 Å². The number of halogens is 2. The SMILES string of the molecule is Cc1nc(N)nc(N)c1O.Cl.Cl. The van der Waals surface area contributed by atoms with Crippen LogP contribution in [0, 0.1) is 6.92 Å². The van der Waals surface area contributed by atoms with Crippen LogP contribution in [0.1, 0.15) is 5.69 Å². The number of aryl methyl sites for hydroxylation is 1. The van der Waals surface area contributed by atoms with Crippen molar-refractivity contribution in [2.75, 3.05) is 11.5 Å². The zero-order valence-corrected chi connectivity index (χ0v) is 7.95. The molecule has 0 aliphatic rings. The highest BCUT2D eigenvalue weighted by Crippen LogP contribution is 2.20. The summed E-state index contributed by atoms with van der Waals surface area (Å²) in [5.74, 6) is -0.00741. The number of nitrogens with zero attached hydrogens (tertiary/aromatic N) is 2. The van der Waals surface area contributed by atoms with Gasteiger partial charge in [-0.05, 0) is 6.92 Å². The first-order valence-corrected chi connectivity index (χ1v) is 2.70. The van der Waals surface area contributed by atoms with E-state index in [-0.39, 0.29) is 42.3 Å². The molecular formula is C5H10Cl2N4O. The molecule has 0 aromatic carbocycles. The molecule has 5 nitrogen and oxygen atoms in total. The van der Waals surface area contributed by atoms with Gasteiger partial charge in [-0.1, -0.05) is 0 Å². The Morgan fingerprint density at radius 1 is 1.17 bits per heavy atom. The van der Waals surface area contributed by atoms with E-state index >= 15 is 0 Å². The average Bonchev–Trinajstić information content (AvgIpc) is 1.82. The Kier molecular flexibility index (Phi) is 5.50. The summed E-state index contributed by atoms with van der Waals surface area (Å²) >= 11 is 0. The Morgan fingerprint density at radius 2 is 1.67 bits per heavy atom. The molecule has 0 atom stereocenters. The molecule has 0 aliphatic carbocycles. The summed E-state index contributed by atoms with van der Waals surface area (Å²) in [6, 6.07) is 0. The number of rotatable bonds is 0. The highest BCUT2D eigenvalue weighted by atomic mass is 35.5. The van der Waals surface area contributed by atoms with Crippen molar-refractivity contribution >= 4 is 36.6 Å². The average molecular weight is 213 g/mol. The molecule has 0 saturated heterocycles. The van der Waals surface area contributed by atoms with Crippen molar-refractivity contribution < 1.29 is 5.11 Å². The Bertz CT molecular complexity index is 245. The van der Waals surface area contributed by atoms with Crippen molar-refractivity contribution in [1.82, 2.24) is 9.97 Å². The van der Waals surface area contributed by atoms with Gasteiger partial charge in [0.15, 0.2) is 11.6 Å². The minimum atomic E-state index is -0.103. The monoisotopic (exact) mass is 212 g/mol. The van der Waals surface area contributed by atoms with Crippen LogP contribution in [0.15, 0.2) is 0 Å². The molecule has 0 fully saturated rings. The first-order valence-electron chi connectivity index (χ1n) is 2.70. The maximum atomic E-state index is 9.03. The third-order valence-corrected chi connectivity index (χ3v) is 1.10. The normalized spacial score (nSPS) is 8.08. The standard InChI is InChI=1S/C5H8N4O.2ClH/c1-2-3(10)4(6)9-5(7)8-2;;/h10H,1H3,(H4,6,7,8,9);2*1H. The summed E-state index contributed by atoms with van der Waals surface area (Å²) in [5.41, 5.74) is 10.8. The van der Waals surface area contributed by atoms with Gasteiger partial charge in [-0.15, -0.1) is 24.8 Å². The molecule has 1 heterocycles. The molecule has 1 aromatic rings. The largest absolute Gasteiger partial charge is 0.503 e.